The largest absolute Gasteiger partial charge is 0.492 e. The smallest absolute Gasteiger partial charge is 0.259 e. The van der Waals surface area contributed by atoms with E-state index in [0.717, 1.165) is 5.56 Å². The van der Waals surface area contributed by atoms with Crippen molar-refractivity contribution in [3.63, 3.8) is 0 Å². The van der Waals surface area contributed by atoms with Crippen molar-refractivity contribution in [2.75, 3.05) is 18.5 Å². The van der Waals surface area contributed by atoms with E-state index in [1.807, 2.05) is 18.2 Å². The monoisotopic (exact) mass is 339 g/mol. The molecule has 2 heterocycles. The molecule has 0 fully saturated rings. The van der Waals surface area contributed by atoms with Crippen LogP contribution >= 0.6 is 0 Å². The van der Waals surface area contributed by atoms with Crippen LogP contribution in [0.25, 0.3) is 0 Å². The molecule has 2 aliphatic rings. The van der Waals surface area contributed by atoms with Crippen LogP contribution in [0.2, 0.25) is 0 Å². The number of para-hydroxylation sites is 2. The number of fused-ring (bicyclic) bond motifs is 2. The topological polar surface area (TPSA) is 67.8 Å². The van der Waals surface area contributed by atoms with Crippen molar-refractivity contribution in [1.29, 1.82) is 0 Å². The van der Waals surface area contributed by atoms with Gasteiger partial charge in [0.05, 0.1) is 30.6 Å². The van der Waals surface area contributed by atoms with E-state index in [1.165, 1.54) is 0 Å². The maximum absolute atomic E-state index is 12.8. The molecule has 130 valence electrons. The van der Waals surface area contributed by atoms with Crippen molar-refractivity contribution < 1.29 is 19.4 Å². The third-order valence-electron chi connectivity index (χ3n) is 4.86. The van der Waals surface area contributed by atoms with E-state index in [-0.39, 0.29) is 11.3 Å². The van der Waals surface area contributed by atoms with Gasteiger partial charge in [0.1, 0.15) is 11.5 Å². The Bertz CT molecular complexity index is 844. The highest BCUT2D eigenvalue weighted by Gasteiger charge is 2.34. The molecule has 1 amide bonds. The van der Waals surface area contributed by atoms with Gasteiger partial charge in [-0.05, 0) is 12.1 Å². The summed E-state index contributed by atoms with van der Waals surface area (Å²) in [5.74, 6) is 0.950. The lowest BCUT2D eigenvalue weighted by molar-refractivity contribution is 0.101. The van der Waals surface area contributed by atoms with Crippen LogP contribution in [0.1, 0.15) is 47.9 Å². The molecule has 0 saturated heterocycles. The Morgan fingerprint density at radius 1 is 1.16 bits per heavy atom. The Kier molecular flexibility index (Phi) is 3.69. The van der Waals surface area contributed by atoms with Crippen LogP contribution in [0.4, 0.5) is 5.69 Å². The SMILES string of the molecule is CC1(C)COc2c(C(=O)Nc3cccc4c3OCCC4O)cccc21. The first kappa shape index (κ1) is 16.0. The summed E-state index contributed by atoms with van der Waals surface area (Å²) < 4.78 is 11.5. The minimum Gasteiger partial charge on any atom is -0.492 e. The predicted octanol–water partition coefficient (Wildman–Crippen LogP) is 3.42. The van der Waals surface area contributed by atoms with Crippen molar-refractivity contribution in [2.24, 2.45) is 0 Å². The average Bonchev–Trinajstić information content (AvgIpc) is 2.91. The standard InChI is InChI=1S/C20H21NO4/c1-20(2)11-25-17-13(6-3-7-14(17)20)19(23)21-15-8-4-5-12-16(22)9-10-24-18(12)15/h3-8,16,22H,9-11H2,1-2H3,(H,21,23). The molecule has 0 spiro atoms. The molecular weight excluding hydrogens is 318 g/mol. The van der Waals surface area contributed by atoms with Gasteiger partial charge in [-0.3, -0.25) is 4.79 Å². The molecule has 4 rings (SSSR count). The number of amides is 1. The van der Waals surface area contributed by atoms with Crippen LogP contribution in [0.15, 0.2) is 36.4 Å². The molecule has 0 radical (unpaired) electrons. The van der Waals surface area contributed by atoms with E-state index >= 15 is 0 Å². The molecule has 0 saturated carbocycles. The van der Waals surface area contributed by atoms with Crippen LogP contribution in [0, 0.1) is 0 Å². The number of hydrogen-bond acceptors (Lipinski definition) is 4. The third-order valence-corrected chi connectivity index (χ3v) is 4.86. The van der Waals surface area contributed by atoms with Gasteiger partial charge >= 0.3 is 0 Å². The van der Waals surface area contributed by atoms with Gasteiger partial charge in [-0.1, -0.05) is 38.1 Å². The van der Waals surface area contributed by atoms with Crippen LogP contribution in [-0.4, -0.2) is 24.2 Å². The second kappa shape index (κ2) is 5.77. The first-order chi connectivity index (χ1) is 12.0. The van der Waals surface area contributed by atoms with Gasteiger partial charge in [0.25, 0.3) is 5.91 Å². The highest BCUT2D eigenvalue weighted by molar-refractivity contribution is 6.07. The number of ether oxygens (including phenoxy) is 2. The number of hydrogen-bond donors (Lipinski definition) is 2. The summed E-state index contributed by atoms with van der Waals surface area (Å²) in [4.78, 5) is 12.8. The molecule has 5 heteroatoms. The summed E-state index contributed by atoms with van der Waals surface area (Å²) >= 11 is 0. The van der Waals surface area contributed by atoms with Crippen molar-refractivity contribution in [3.8, 4) is 11.5 Å². The van der Waals surface area contributed by atoms with Crippen LogP contribution in [0.3, 0.4) is 0 Å². The number of aliphatic hydroxyl groups excluding tert-OH is 1. The highest BCUT2D eigenvalue weighted by atomic mass is 16.5. The van der Waals surface area contributed by atoms with Crippen LogP contribution in [0.5, 0.6) is 11.5 Å². The first-order valence-corrected chi connectivity index (χ1v) is 8.49. The maximum Gasteiger partial charge on any atom is 0.259 e. The Morgan fingerprint density at radius 3 is 2.80 bits per heavy atom. The molecule has 2 aromatic rings. The number of carbonyl (C=O) groups excluding carboxylic acids is 1. The van der Waals surface area contributed by atoms with Gasteiger partial charge in [-0.2, -0.15) is 0 Å². The summed E-state index contributed by atoms with van der Waals surface area (Å²) in [6.45, 7) is 5.19. The number of rotatable bonds is 2. The fourth-order valence-electron chi connectivity index (χ4n) is 3.43. The molecule has 2 N–H and O–H groups in total. The van der Waals surface area contributed by atoms with E-state index in [0.29, 0.717) is 47.9 Å². The van der Waals surface area contributed by atoms with Crippen LogP contribution < -0.4 is 14.8 Å². The Balaban J connectivity index is 1.67. The molecular formula is C20H21NO4. The van der Waals surface area contributed by atoms with E-state index in [1.54, 1.807) is 18.2 Å². The van der Waals surface area contributed by atoms with Gasteiger partial charge < -0.3 is 19.9 Å². The molecule has 0 aliphatic carbocycles. The third kappa shape index (κ3) is 2.65. The summed E-state index contributed by atoms with van der Waals surface area (Å²) in [6.07, 6.45) is -0.00908. The molecule has 5 nitrogen and oxygen atoms in total. The second-order valence-electron chi connectivity index (χ2n) is 7.19. The lowest BCUT2D eigenvalue weighted by Crippen LogP contribution is -2.18. The van der Waals surface area contributed by atoms with Gasteiger partial charge in [0, 0.05) is 23.0 Å². The van der Waals surface area contributed by atoms with E-state index < -0.39 is 6.10 Å². The summed E-state index contributed by atoms with van der Waals surface area (Å²) in [6, 6.07) is 11.1. The zero-order valence-electron chi connectivity index (χ0n) is 14.3. The zero-order valence-corrected chi connectivity index (χ0v) is 14.3. The fourth-order valence-corrected chi connectivity index (χ4v) is 3.43. The van der Waals surface area contributed by atoms with E-state index in [9.17, 15) is 9.90 Å². The summed E-state index contributed by atoms with van der Waals surface area (Å²) in [7, 11) is 0. The molecule has 0 aromatic heterocycles. The van der Waals surface area contributed by atoms with Crippen LogP contribution in [-0.2, 0) is 5.41 Å². The van der Waals surface area contributed by atoms with Crippen molar-refractivity contribution >= 4 is 11.6 Å². The minimum absolute atomic E-state index is 0.106. The second-order valence-corrected chi connectivity index (χ2v) is 7.19. The highest BCUT2D eigenvalue weighted by Crippen LogP contribution is 2.42. The first-order valence-electron chi connectivity index (χ1n) is 8.49. The maximum atomic E-state index is 12.8. The summed E-state index contributed by atoms with van der Waals surface area (Å²) in [5, 5.41) is 13.0. The number of nitrogens with one attached hydrogen (secondary N) is 1. The Hall–Kier alpha value is -2.53. The van der Waals surface area contributed by atoms with Crippen molar-refractivity contribution in [3.05, 3.63) is 53.1 Å². The minimum atomic E-state index is -0.564. The van der Waals surface area contributed by atoms with Gasteiger partial charge in [-0.15, -0.1) is 0 Å². The van der Waals surface area contributed by atoms with E-state index in [4.69, 9.17) is 9.47 Å². The van der Waals surface area contributed by atoms with Crippen molar-refractivity contribution in [1.82, 2.24) is 0 Å². The number of anilines is 1. The lowest BCUT2D eigenvalue weighted by atomic mass is 9.86. The number of benzene rings is 2. The molecule has 25 heavy (non-hydrogen) atoms. The molecule has 2 aromatic carbocycles. The Labute approximate surface area is 146 Å². The van der Waals surface area contributed by atoms with Gasteiger partial charge in [-0.25, -0.2) is 0 Å². The number of carbonyl (C=O) groups is 1. The lowest BCUT2D eigenvalue weighted by Gasteiger charge is -2.24. The van der Waals surface area contributed by atoms with Gasteiger partial charge in [0.2, 0.25) is 0 Å². The molecule has 0 bridgehead atoms. The number of aliphatic hydroxyl groups is 1. The molecule has 1 atom stereocenters. The summed E-state index contributed by atoms with van der Waals surface area (Å²) in [5.41, 5.74) is 2.72. The van der Waals surface area contributed by atoms with Crippen molar-refractivity contribution in [2.45, 2.75) is 31.8 Å². The van der Waals surface area contributed by atoms with E-state index in [2.05, 4.69) is 19.2 Å². The average molecular weight is 339 g/mol. The Morgan fingerprint density at radius 2 is 1.96 bits per heavy atom. The predicted molar refractivity (Wildman–Crippen MR) is 94.4 cm³/mol. The van der Waals surface area contributed by atoms with Gasteiger partial charge in [0.15, 0.2) is 0 Å². The normalized spacial score (nSPS) is 20.0. The quantitative estimate of drug-likeness (QED) is 0.880. The molecule has 2 aliphatic heterocycles. The molecule has 1 unspecified atom stereocenters. The fraction of sp³-hybridized carbons (Fsp3) is 0.350. The zero-order chi connectivity index (χ0) is 17.6.